The minimum atomic E-state index is -0.233. The van der Waals surface area contributed by atoms with E-state index in [-0.39, 0.29) is 17.9 Å². The van der Waals surface area contributed by atoms with Gasteiger partial charge in [0.1, 0.15) is 12.1 Å². The quantitative estimate of drug-likeness (QED) is 0.649. The van der Waals surface area contributed by atoms with E-state index in [9.17, 15) is 4.79 Å². The van der Waals surface area contributed by atoms with E-state index < -0.39 is 0 Å². The zero-order chi connectivity index (χ0) is 21.1. The Bertz CT molecular complexity index is 999. The molecule has 0 spiro atoms. The van der Waals surface area contributed by atoms with Gasteiger partial charge < -0.3 is 14.3 Å². The predicted octanol–water partition coefficient (Wildman–Crippen LogP) is 3.71. The Kier molecular flexibility index (Phi) is 6.20. The van der Waals surface area contributed by atoms with Crippen molar-refractivity contribution >= 4 is 17.5 Å². The number of nitrogens with zero attached hydrogens (tertiary/aromatic N) is 4. The lowest BCUT2D eigenvalue weighted by molar-refractivity contribution is 0.0921. The number of fused-ring (bicyclic) bond motifs is 1. The smallest absolute Gasteiger partial charge is 0.255 e. The van der Waals surface area contributed by atoms with Crippen LogP contribution in [0.4, 0.5) is 0 Å². The van der Waals surface area contributed by atoms with E-state index in [1.54, 1.807) is 6.07 Å². The van der Waals surface area contributed by atoms with E-state index in [0.717, 1.165) is 54.8 Å². The first-order valence-corrected chi connectivity index (χ1v) is 10.6. The van der Waals surface area contributed by atoms with Crippen molar-refractivity contribution in [2.75, 3.05) is 13.1 Å². The van der Waals surface area contributed by atoms with Crippen molar-refractivity contribution in [1.82, 2.24) is 25.0 Å². The van der Waals surface area contributed by atoms with Crippen LogP contribution in [0.25, 0.3) is 0 Å². The van der Waals surface area contributed by atoms with Gasteiger partial charge in [-0.3, -0.25) is 9.69 Å². The molecule has 1 aromatic carbocycles. The number of aromatic nitrogens is 3. The molecule has 3 aromatic rings. The number of amides is 1. The SMILES string of the molecule is CC(C)[C@H](NC(=O)c1ccoc1)c1nnc2n1CCN(Cc1ccccc1Cl)CC2. The van der Waals surface area contributed by atoms with Crippen molar-refractivity contribution in [2.24, 2.45) is 5.92 Å². The van der Waals surface area contributed by atoms with E-state index in [2.05, 4.69) is 44.9 Å². The third kappa shape index (κ3) is 4.42. The Labute approximate surface area is 181 Å². The van der Waals surface area contributed by atoms with Crippen LogP contribution in [0, 0.1) is 5.92 Å². The van der Waals surface area contributed by atoms with Crippen molar-refractivity contribution < 1.29 is 9.21 Å². The predicted molar refractivity (Wildman–Crippen MR) is 114 cm³/mol. The summed E-state index contributed by atoms with van der Waals surface area (Å²) in [5.74, 6) is 1.75. The second-order valence-electron chi connectivity index (χ2n) is 7.95. The van der Waals surface area contributed by atoms with Gasteiger partial charge in [0.25, 0.3) is 5.91 Å². The van der Waals surface area contributed by atoms with E-state index in [0.29, 0.717) is 5.56 Å². The summed E-state index contributed by atoms with van der Waals surface area (Å²) in [5.41, 5.74) is 1.63. The number of carbonyl (C=O) groups is 1. The summed E-state index contributed by atoms with van der Waals surface area (Å²) in [7, 11) is 0. The first kappa shape index (κ1) is 20.6. The molecule has 0 radical (unpaired) electrons. The molecular formula is C22H26ClN5O2. The van der Waals surface area contributed by atoms with Gasteiger partial charge in [-0.05, 0) is 23.6 Å². The molecule has 30 heavy (non-hydrogen) atoms. The maximum absolute atomic E-state index is 12.6. The van der Waals surface area contributed by atoms with Crippen molar-refractivity contribution in [2.45, 2.75) is 39.4 Å². The van der Waals surface area contributed by atoms with Crippen molar-refractivity contribution in [3.63, 3.8) is 0 Å². The maximum Gasteiger partial charge on any atom is 0.255 e. The molecule has 0 unspecified atom stereocenters. The summed E-state index contributed by atoms with van der Waals surface area (Å²) in [4.78, 5) is 15.0. The van der Waals surface area contributed by atoms with Gasteiger partial charge in [-0.2, -0.15) is 0 Å². The van der Waals surface area contributed by atoms with Crippen LogP contribution in [0.15, 0.2) is 47.3 Å². The monoisotopic (exact) mass is 427 g/mol. The topological polar surface area (TPSA) is 76.2 Å². The molecule has 158 valence electrons. The van der Waals surface area contributed by atoms with E-state index in [4.69, 9.17) is 16.0 Å². The van der Waals surface area contributed by atoms with Gasteiger partial charge in [-0.1, -0.05) is 43.6 Å². The van der Waals surface area contributed by atoms with E-state index in [1.165, 1.54) is 12.5 Å². The molecule has 0 fully saturated rings. The molecule has 4 rings (SSSR count). The molecule has 1 aliphatic rings. The van der Waals surface area contributed by atoms with Gasteiger partial charge in [-0.15, -0.1) is 10.2 Å². The molecule has 8 heteroatoms. The van der Waals surface area contributed by atoms with Gasteiger partial charge in [0.15, 0.2) is 5.82 Å². The third-order valence-corrected chi connectivity index (χ3v) is 5.88. The molecule has 2 aromatic heterocycles. The first-order chi connectivity index (χ1) is 14.5. The number of rotatable bonds is 6. The number of nitrogens with one attached hydrogen (secondary N) is 1. The van der Waals surface area contributed by atoms with Gasteiger partial charge in [0.2, 0.25) is 0 Å². The fourth-order valence-corrected chi connectivity index (χ4v) is 3.99. The lowest BCUT2D eigenvalue weighted by Gasteiger charge is -2.23. The standard InChI is InChI=1S/C22H26ClN5O2/c1-15(2)20(24-22(29)17-8-12-30-14-17)21-26-25-19-7-9-27(10-11-28(19)21)13-16-5-3-4-6-18(16)23/h3-6,8,12,14-15,20H,7,9-11,13H2,1-2H3,(H,24,29)/t20-/m0/s1. The van der Waals surface area contributed by atoms with Crippen LogP contribution in [0.2, 0.25) is 5.02 Å². The zero-order valence-electron chi connectivity index (χ0n) is 17.2. The summed E-state index contributed by atoms with van der Waals surface area (Å²) in [6.07, 6.45) is 3.75. The highest BCUT2D eigenvalue weighted by molar-refractivity contribution is 6.31. The van der Waals surface area contributed by atoms with Crippen LogP contribution in [0.5, 0.6) is 0 Å². The summed E-state index contributed by atoms with van der Waals surface area (Å²) in [6.45, 7) is 7.47. The summed E-state index contributed by atoms with van der Waals surface area (Å²) in [6, 6.07) is 9.39. The maximum atomic E-state index is 12.6. The van der Waals surface area contributed by atoms with Crippen molar-refractivity contribution in [3.05, 3.63) is 70.7 Å². The summed E-state index contributed by atoms with van der Waals surface area (Å²) < 4.78 is 7.20. The van der Waals surface area contributed by atoms with Gasteiger partial charge in [0.05, 0.1) is 17.9 Å². The first-order valence-electron chi connectivity index (χ1n) is 10.2. The Hall–Kier alpha value is -2.64. The lowest BCUT2D eigenvalue weighted by Crippen LogP contribution is -2.34. The molecule has 0 saturated heterocycles. The minimum Gasteiger partial charge on any atom is -0.472 e. The molecular weight excluding hydrogens is 402 g/mol. The Morgan fingerprint density at radius 2 is 2.03 bits per heavy atom. The van der Waals surface area contributed by atoms with Crippen LogP contribution in [-0.4, -0.2) is 38.7 Å². The Morgan fingerprint density at radius 1 is 1.20 bits per heavy atom. The van der Waals surface area contributed by atoms with E-state index in [1.807, 2.05) is 18.2 Å². The average Bonchev–Trinajstić information content (AvgIpc) is 3.36. The lowest BCUT2D eigenvalue weighted by atomic mass is 10.0. The molecule has 1 amide bonds. The van der Waals surface area contributed by atoms with Crippen molar-refractivity contribution in [1.29, 1.82) is 0 Å². The number of hydrogen-bond acceptors (Lipinski definition) is 5. The molecule has 0 aliphatic carbocycles. The Morgan fingerprint density at radius 3 is 2.77 bits per heavy atom. The van der Waals surface area contributed by atoms with E-state index >= 15 is 0 Å². The second kappa shape index (κ2) is 9.02. The highest BCUT2D eigenvalue weighted by Crippen LogP contribution is 2.24. The average molecular weight is 428 g/mol. The molecule has 0 saturated carbocycles. The number of carbonyl (C=O) groups excluding carboxylic acids is 1. The normalized spacial score (nSPS) is 15.6. The molecule has 1 atom stereocenters. The Balaban J connectivity index is 1.49. The van der Waals surface area contributed by atoms with Crippen molar-refractivity contribution in [3.8, 4) is 0 Å². The number of hydrogen-bond donors (Lipinski definition) is 1. The second-order valence-corrected chi connectivity index (χ2v) is 8.36. The minimum absolute atomic E-state index is 0.164. The fourth-order valence-electron chi connectivity index (χ4n) is 3.79. The summed E-state index contributed by atoms with van der Waals surface area (Å²) >= 11 is 6.34. The third-order valence-electron chi connectivity index (χ3n) is 5.51. The largest absolute Gasteiger partial charge is 0.472 e. The van der Waals surface area contributed by atoms with Crippen LogP contribution in [0.3, 0.4) is 0 Å². The van der Waals surface area contributed by atoms with Crippen LogP contribution < -0.4 is 5.32 Å². The summed E-state index contributed by atoms with van der Waals surface area (Å²) in [5, 5.41) is 12.8. The number of benzene rings is 1. The molecule has 0 bridgehead atoms. The van der Waals surface area contributed by atoms with Crippen LogP contribution in [-0.2, 0) is 19.5 Å². The molecule has 1 aliphatic heterocycles. The highest BCUT2D eigenvalue weighted by Gasteiger charge is 2.28. The highest BCUT2D eigenvalue weighted by atomic mass is 35.5. The molecule has 7 nitrogen and oxygen atoms in total. The van der Waals surface area contributed by atoms with Gasteiger partial charge >= 0.3 is 0 Å². The van der Waals surface area contributed by atoms with Crippen LogP contribution >= 0.6 is 11.6 Å². The molecule has 3 heterocycles. The van der Waals surface area contributed by atoms with Gasteiger partial charge in [0, 0.05) is 37.6 Å². The number of halogens is 1. The number of furan rings is 1. The van der Waals surface area contributed by atoms with Gasteiger partial charge in [-0.25, -0.2) is 0 Å². The fraction of sp³-hybridized carbons (Fsp3) is 0.409. The van der Waals surface area contributed by atoms with Crippen LogP contribution in [0.1, 0.15) is 47.5 Å². The molecule has 1 N–H and O–H groups in total. The zero-order valence-corrected chi connectivity index (χ0v) is 18.0.